The van der Waals surface area contributed by atoms with Crippen LogP contribution in [0.25, 0.3) is 11.2 Å². The topological polar surface area (TPSA) is 100 Å². The molecule has 1 saturated heterocycles. The number of nitrogens with two attached hydrogens (primary N) is 1. The van der Waals surface area contributed by atoms with Crippen molar-refractivity contribution in [3.63, 3.8) is 0 Å². The van der Waals surface area contributed by atoms with E-state index in [1.165, 1.54) is 12.7 Å². The number of aromatic nitrogens is 4. The molecule has 3 N–H and O–H groups in total. The highest BCUT2D eigenvalue weighted by Gasteiger charge is 2.71. The summed E-state index contributed by atoms with van der Waals surface area (Å²) in [4.78, 5) is 13.0. The molecule has 0 amide bonds. The van der Waals surface area contributed by atoms with Crippen LogP contribution in [0.1, 0.15) is 46.1 Å². The van der Waals surface area contributed by atoms with Crippen molar-refractivity contribution in [2.45, 2.75) is 64.1 Å². The first kappa shape index (κ1) is 17.3. The van der Waals surface area contributed by atoms with Crippen molar-refractivity contribution in [1.82, 2.24) is 24.8 Å². The Hall–Kier alpha value is -1.77. The summed E-state index contributed by atoms with van der Waals surface area (Å²) in [6, 6.07) is 0.146. The van der Waals surface area contributed by atoms with Crippen LogP contribution < -0.4 is 11.1 Å². The van der Waals surface area contributed by atoms with Gasteiger partial charge in [-0.3, -0.25) is 0 Å². The molecule has 1 spiro atoms. The third-order valence-electron chi connectivity index (χ3n) is 6.51. The van der Waals surface area contributed by atoms with Crippen LogP contribution in [-0.2, 0) is 9.47 Å². The van der Waals surface area contributed by atoms with Crippen LogP contribution in [0.5, 0.6) is 0 Å². The molecule has 2 aliphatic carbocycles. The number of nitrogens with one attached hydrogen (secondary N) is 1. The molecule has 5 atom stereocenters. The summed E-state index contributed by atoms with van der Waals surface area (Å²) < 4.78 is 14.9. The molecule has 2 aromatic heterocycles. The fourth-order valence-electron chi connectivity index (χ4n) is 5.23. The molecule has 1 aliphatic heterocycles. The van der Waals surface area contributed by atoms with Gasteiger partial charge in [-0.05, 0) is 52.1 Å². The van der Waals surface area contributed by atoms with Gasteiger partial charge in [-0.25, -0.2) is 15.0 Å². The lowest BCUT2D eigenvalue weighted by atomic mass is 9.98. The quantitative estimate of drug-likeness (QED) is 0.773. The van der Waals surface area contributed by atoms with Gasteiger partial charge in [-0.15, -0.1) is 0 Å². The Morgan fingerprint density at radius 3 is 2.93 bits per heavy atom. The second kappa shape index (κ2) is 5.86. The molecule has 3 heterocycles. The summed E-state index contributed by atoms with van der Waals surface area (Å²) in [5, 5.41) is 3.58. The highest BCUT2D eigenvalue weighted by molar-refractivity contribution is 5.81. The predicted octanol–water partition coefficient (Wildman–Crippen LogP) is 1.88. The highest BCUT2D eigenvalue weighted by atomic mass is 16.8. The lowest BCUT2D eigenvalue weighted by Gasteiger charge is -2.24. The Balaban J connectivity index is 1.48. The minimum absolute atomic E-state index is 0.00441. The van der Waals surface area contributed by atoms with E-state index in [1.54, 1.807) is 0 Å². The normalized spacial score (nSPS) is 36.6. The second-order valence-electron chi connectivity index (χ2n) is 8.71. The van der Waals surface area contributed by atoms with Crippen LogP contribution in [0, 0.1) is 11.3 Å². The van der Waals surface area contributed by atoms with Crippen molar-refractivity contribution >= 4 is 17.0 Å². The van der Waals surface area contributed by atoms with Gasteiger partial charge in [0, 0.05) is 5.41 Å². The van der Waals surface area contributed by atoms with Gasteiger partial charge in [-0.2, -0.15) is 0 Å². The second-order valence-corrected chi connectivity index (χ2v) is 8.71. The lowest BCUT2D eigenvalue weighted by molar-refractivity contribution is -0.162. The van der Waals surface area contributed by atoms with Crippen molar-refractivity contribution < 1.29 is 9.47 Å². The molecule has 2 saturated carbocycles. The Bertz CT molecular complexity index is 867. The minimum Gasteiger partial charge on any atom is -0.382 e. The average molecular weight is 372 g/mol. The Morgan fingerprint density at radius 2 is 2.11 bits per heavy atom. The van der Waals surface area contributed by atoms with Gasteiger partial charge in [-0.1, -0.05) is 6.92 Å². The molecule has 8 heteroatoms. The number of hydrogen-bond donors (Lipinski definition) is 2. The molecule has 3 fully saturated rings. The molecular weight excluding hydrogens is 344 g/mol. The molecule has 2 aromatic rings. The average Bonchev–Trinajstić information content (AvgIpc) is 2.90. The van der Waals surface area contributed by atoms with Gasteiger partial charge in [0.15, 0.2) is 17.3 Å². The molecule has 3 aliphatic rings. The molecule has 2 unspecified atom stereocenters. The SMILES string of the molecule is CCCNC[C@H]1C[C@]12C[C@@H](n1cnc3c(N)ncnc31)C1OC(C)(C)OC12. The Labute approximate surface area is 158 Å². The van der Waals surface area contributed by atoms with Crippen LogP contribution in [0.15, 0.2) is 12.7 Å². The number of fused-ring (bicyclic) bond motifs is 3. The zero-order valence-corrected chi connectivity index (χ0v) is 16.2. The Morgan fingerprint density at radius 1 is 1.26 bits per heavy atom. The van der Waals surface area contributed by atoms with E-state index in [-0.39, 0.29) is 23.7 Å². The zero-order chi connectivity index (χ0) is 18.8. The van der Waals surface area contributed by atoms with Crippen molar-refractivity contribution in [3.8, 4) is 0 Å². The van der Waals surface area contributed by atoms with Gasteiger partial charge in [0.25, 0.3) is 0 Å². The number of anilines is 1. The number of hydrogen-bond acceptors (Lipinski definition) is 7. The molecule has 27 heavy (non-hydrogen) atoms. The third-order valence-corrected chi connectivity index (χ3v) is 6.51. The summed E-state index contributed by atoms with van der Waals surface area (Å²) in [6.45, 7) is 8.33. The fourth-order valence-corrected chi connectivity index (χ4v) is 5.23. The molecular formula is C19H28N6O2. The monoisotopic (exact) mass is 372 g/mol. The van der Waals surface area contributed by atoms with Gasteiger partial charge in [0.2, 0.25) is 0 Å². The largest absolute Gasteiger partial charge is 0.382 e. The summed E-state index contributed by atoms with van der Waals surface area (Å²) in [5.74, 6) is 0.489. The summed E-state index contributed by atoms with van der Waals surface area (Å²) >= 11 is 0. The van der Waals surface area contributed by atoms with Gasteiger partial charge in [0.05, 0.1) is 18.5 Å². The van der Waals surface area contributed by atoms with E-state index in [1.807, 2.05) is 20.2 Å². The lowest BCUT2D eigenvalue weighted by Crippen LogP contribution is -2.30. The van der Waals surface area contributed by atoms with E-state index in [0.717, 1.165) is 31.6 Å². The van der Waals surface area contributed by atoms with Crippen LogP contribution in [0.3, 0.4) is 0 Å². The Kier molecular flexibility index (Phi) is 3.76. The number of imidazole rings is 1. The zero-order valence-electron chi connectivity index (χ0n) is 16.2. The maximum absolute atomic E-state index is 6.41. The van der Waals surface area contributed by atoms with Crippen molar-refractivity contribution in [3.05, 3.63) is 12.7 Å². The first-order valence-electron chi connectivity index (χ1n) is 9.94. The van der Waals surface area contributed by atoms with Crippen LogP contribution in [-0.4, -0.2) is 50.6 Å². The smallest absolute Gasteiger partial charge is 0.165 e. The number of ether oxygens (including phenoxy) is 2. The predicted molar refractivity (Wildman–Crippen MR) is 101 cm³/mol. The van der Waals surface area contributed by atoms with Gasteiger partial charge >= 0.3 is 0 Å². The van der Waals surface area contributed by atoms with Crippen molar-refractivity contribution in [2.75, 3.05) is 18.8 Å². The van der Waals surface area contributed by atoms with Crippen LogP contribution in [0.4, 0.5) is 5.82 Å². The van der Waals surface area contributed by atoms with E-state index in [2.05, 4.69) is 31.8 Å². The third kappa shape index (κ3) is 2.57. The molecule has 0 radical (unpaired) electrons. The van der Waals surface area contributed by atoms with E-state index in [9.17, 15) is 0 Å². The van der Waals surface area contributed by atoms with E-state index < -0.39 is 5.79 Å². The highest BCUT2D eigenvalue weighted by Crippen LogP contribution is 2.68. The minimum atomic E-state index is -0.560. The molecule has 146 valence electrons. The molecule has 0 bridgehead atoms. The van der Waals surface area contributed by atoms with Crippen molar-refractivity contribution in [2.24, 2.45) is 11.3 Å². The maximum atomic E-state index is 6.41. The summed E-state index contributed by atoms with van der Waals surface area (Å²) in [5.41, 5.74) is 7.60. The van der Waals surface area contributed by atoms with Crippen LogP contribution >= 0.6 is 0 Å². The first-order valence-corrected chi connectivity index (χ1v) is 9.94. The van der Waals surface area contributed by atoms with E-state index in [4.69, 9.17) is 15.2 Å². The summed E-state index contributed by atoms with van der Waals surface area (Å²) in [7, 11) is 0. The molecule has 5 rings (SSSR count). The van der Waals surface area contributed by atoms with Crippen molar-refractivity contribution in [1.29, 1.82) is 0 Å². The van der Waals surface area contributed by atoms with Crippen LogP contribution in [0.2, 0.25) is 0 Å². The van der Waals surface area contributed by atoms with Gasteiger partial charge < -0.3 is 25.1 Å². The number of nitrogen functional groups attached to an aromatic ring is 1. The maximum Gasteiger partial charge on any atom is 0.165 e. The van der Waals surface area contributed by atoms with E-state index in [0.29, 0.717) is 17.3 Å². The molecule has 0 aromatic carbocycles. The fraction of sp³-hybridized carbons (Fsp3) is 0.737. The number of rotatable bonds is 5. The first-order chi connectivity index (χ1) is 13.0. The molecule has 8 nitrogen and oxygen atoms in total. The van der Waals surface area contributed by atoms with E-state index >= 15 is 0 Å². The summed E-state index contributed by atoms with van der Waals surface area (Å²) in [6.07, 6.45) is 6.81. The number of nitrogens with zero attached hydrogens (tertiary/aromatic N) is 4. The van der Waals surface area contributed by atoms with Gasteiger partial charge in [0.1, 0.15) is 17.9 Å². The standard InChI is InChI=1S/C19H28N6O2/c1-4-5-21-8-11-6-19(11)7-12(14-15(19)27-18(2,3)26-14)25-10-24-13-16(20)22-9-23-17(13)25/h9-12,14-15,21H,4-8H2,1-3H3,(H2,20,22,23)/t11-,12-,14?,15?,19+/m1/s1.